The Bertz CT molecular complexity index is 1650. The number of phosphoric ester groups is 2. The topological polar surface area (TPSA) is 237 Å². The first kappa shape index (κ1) is 80.1. The highest BCUT2D eigenvalue weighted by molar-refractivity contribution is 7.47. The Morgan fingerprint density at radius 1 is 0.341 bits per heavy atom. The zero-order valence-corrected chi connectivity index (χ0v) is 54.9. The van der Waals surface area contributed by atoms with Crippen LogP contribution in [-0.4, -0.2) is 96.7 Å². The maximum absolute atomic E-state index is 13.0. The number of ether oxygens (including phenoxy) is 4. The van der Waals surface area contributed by atoms with Crippen molar-refractivity contribution in [3.63, 3.8) is 0 Å². The van der Waals surface area contributed by atoms with Crippen molar-refractivity contribution >= 4 is 39.5 Å². The van der Waals surface area contributed by atoms with Crippen molar-refractivity contribution < 1.29 is 80.2 Å². The van der Waals surface area contributed by atoms with Gasteiger partial charge >= 0.3 is 39.5 Å². The van der Waals surface area contributed by atoms with E-state index in [1.807, 2.05) is 0 Å². The van der Waals surface area contributed by atoms with Crippen molar-refractivity contribution in [3.05, 3.63) is 0 Å². The standard InChI is InChI=1S/C63H122O17P2/c1-9-56(8)42-34-26-20-22-30-38-46-63(68)80-59(50-73-60(65)43-35-27-17-12-10-11-15-23-31-39-53(2)3)52-78-82(71,72)76-48-57(64)47-75-81(69,70)77-51-58(79-62(67)45-37-29-21-19-25-33-41-55(6)7)49-74-61(66)44-36-28-18-14-13-16-24-32-40-54(4)5/h53-59,64H,9-52H2,1-8H3,(H,69,70)(H,71,72)/t56?,57?,58-,59-/m1/s1. The van der Waals surface area contributed by atoms with Crippen molar-refractivity contribution in [2.45, 2.75) is 318 Å². The fourth-order valence-electron chi connectivity index (χ4n) is 9.22. The zero-order chi connectivity index (χ0) is 61.1. The molecule has 0 aliphatic heterocycles. The van der Waals surface area contributed by atoms with Crippen LogP contribution in [0.3, 0.4) is 0 Å². The van der Waals surface area contributed by atoms with Gasteiger partial charge in [-0.15, -0.1) is 0 Å². The lowest BCUT2D eigenvalue weighted by Gasteiger charge is -2.21. The highest BCUT2D eigenvalue weighted by Crippen LogP contribution is 2.45. The van der Waals surface area contributed by atoms with Gasteiger partial charge in [0.1, 0.15) is 19.3 Å². The molecular weight excluding hydrogens is 1090 g/mol. The van der Waals surface area contributed by atoms with Gasteiger partial charge in [0.2, 0.25) is 0 Å². The van der Waals surface area contributed by atoms with Gasteiger partial charge in [0, 0.05) is 25.7 Å². The summed E-state index contributed by atoms with van der Waals surface area (Å²) in [4.78, 5) is 72.1. The molecule has 0 amide bonds. The van der Waals surface area contributed by atoms with Gasteiger partial charge in [0.05, 0.1) is 26.4 Å². The van der Waals surface area contributed by atoms with E-state index < -0.39 is 97.5 Å². The smallest absolute Gasteiger partial charge is 0.462 e. The van der Waals surface area contributed by atoms with Crippen LogP contribution in [0.4, 0.5) is 0 Å². The predicted molar refractivity (Wildman–Crippen MR) is 326 cm³/mol. The number of phosphoric acid groups is 2. The molecule has 0 spiro atoms. The Hall–Kier alpha value is -1.94. The number of aliphatic hydroxyl groups excluding tert-OH is 1. The molecule has 4 unspecified atom stereocenters. The van der Waals surface area contributed by atoms with Crippen LogP contribution in [0.1, 0.15) is 299 Å². The minimum Gasteiger partial charge on any atom is -0.462 e. The van der Waals surface area contributed by atoms with E-state index in [0.29, 0.717) is 31.6 Å². The monoisotopic (exact) mass is 1210 g/mol. The summed E-state index contributed by atoms with van der Waals surface area (Å²) in [5, 5.41) is 10.5. The molecular formula is C63H122O17P2. The fraction of sp³-hybridized carbons (Fsp3) is 0.937. The van der Waals surface area contributed by atoms with E-state index in [1.54, 1.807) is 0 Å². The summed E-state index contributed by atoms with van der Waals surface area (Å²) in [6.45, 7) is 13.9. The molecule has 6 atom stereocenters. The van der Waals surface area contributed by atoms with Gasteiger partial charge < -0.3 is 33.8 Å². The van der Waals surface area contributed by atoms with E-state index in [-0.39, 0.29) is 25.7 Å². The maximum Gasteiger partial charge on any atom is 0.472 e. The molecule has 0 aromatic heterocycles. The Labute approximate surface area is 498 Å². The molecule has 0 heterocycles. The van der Waals surface area contributed by atoms with Gasteiger partial charge in [0.25, 0.3) is 0 Å². The van der Waals surface area contributed by atoms with Gasteiger partial charge in [-0.05, 0) is 49.4 Å². The van der Waals surface area contributed by atoms with Crippen LogP contribution < -0.4 is 0 Å². The van der Waals surface area contributed by atoms with Gasteiger partial charge in [-0.2, -0.15) is 0 Å². The first-order chi connectivity index (χ1) is 39.1. The molecule has 0 bridgehead atoms. The molecule has 0 aliphatic carbocycles. The highest BCUT2D eigenvalue weighted by atomic mass is 31.2. The van der Waals surface area contributed by atoms with Gasteiger partial charge in [-0.3, -0.25) is 37.3 Å². The molecule has 0 rings (SSSR count). The van der Waals surface area contributed by atoms with Crippen molar-refractivity contribution in [1.82, 2.24) is 0 Å². The zero-order valence-electron chi connectivity index (χ0n) is 53.1. The summed E-state index contributed by atoms with van der Waals surface area (Å²) >= 11 is 0. The van der Waals surface area contributed by atoms with E-state index in [1.165, 1.54) is 103 Å². The summed E-state index contributed by atoms with van der Waals surface area (Å²) in [6.07, 6.45) is 32.4. The quantitative estimate of drug-likeness (QED) is 0.0222. The number of unbranched alkanes of at least 4 members (excludes halogenated alkanes) is 25. The van der Waals surface area contributed by atoms with Crippen LogP contribution in [0, 0.1) is 23.7 Å². The second-order valence-corrected chi connectivity index (χ2v) is 27.4. The Morgan fingerprint density at radius 2 is 0.585 bits per heavy atom. The molecule has 17 nitrogen and oxygen atoms in total. The molecule has 0 radical (unpaired) electrons. The molecule has 486 valence electrons. The predicted octanol–water partition coefficient (Wildman–Crippen LogP) is 17.0. The number of hydrogen-bond donors (Lipinski definition) is 3. The van der Waals surface area contributed by atoms with Gasteiger partial charge in [-0.1, -0.05) is 248 Å². The number of esters is 4. The first-order valence-electron chi connectivity index (χ1n) is 32.7. The first-order valence-corrected chi connectivity index (χ1v) is 35.7. The minimum atomic E-state index is -4.94. The van der Waals surface area contributed by atoms with E-state index in [0.717, 1.165) is 108 Å². The number of rotatable bonds is 60. The summed E-state index contributed by atoms with van der Waals surface area (Å²) in [5.74, 6) is 0.713. The van der Waals surface area contributed by atoms with Gasteiger partial charge in [-0.25, -0.2) is 9.13 Å². The lowest BCUT2D eigenvalue weighted by molar-refractivity contribution is -0.161. The molecule has 82 heavy (non-hydrogen) atoms. The molecule has 19 heteroatoms. The van der Waals surface area contributed by atoms with E-state index in [2.05, 4.69) is 55.4 Å². The van der Waals surface area contributed by atoms with Crippen molar-refractivity contribution in [3.8, 4) is 0 Å². The summed E-state index contributed by atoms with van der Waals surface area (Å²) < 4.78 is 67.9. The molecule has 0 saturated carbocycles. The largest absolute Gasteiger partial charge is 0.472 e. The van der Waals surface area contributed by atoms with E-state index in [9.17, 15) is 43.2 Å². The van der Waals surface area contributed by atoms with Crippen LogP contribution in [0.15, 0.2) is 0 Å². The Balaban J connectivity index is 5.24. The molecule has 0 saturated heterocycles. The second-order valence-electron chi connectivity index (χ2n) is 24.5. The third kappa shape index (κ3) is 55.9. The van der Waals surface area contributed by atoms with Crippen LogP contribution in [-0.2, 0) is 65.4 Å². The van der Waals surface area contributed by atoms with Crippen LogP contribution in [0.5, 0.6) is 0 Å². The molecule has 0 aromatic carbocycles. The number of hydrogen-bond acceptors (Lipinski definition) is 15. The fourth-order valence-corrected chi connectivity index (χ4v) is 10.8. The van der Waals surface area contributed by atoms with Gasteiger partial charge in [0.15, 0.2) is 12.2 Å². The Kier molecular flexibility index (Phi) is 52.0. The SMILES string of the molecule is CCC(C)CCCCCCCCC(=O)O[C@H](COC(=O)CCCCCCCCCCCC(C)C)COP(=O)(O)OCC(O)COP(=O)(O)OC[C@@H](COC(=O)CCCCCCCCCCC(C)C)OC(=O)CCCCCCCCC(C)C. The van der Waals surface area contributed by atoms with Crippen molar-refractivity contribution in [2.75, 3.05) is 39.6 Å². The van der Waals surface area contributed by atoms with E-state index >= 15 is 0 Å². The normalized spacial score (nSPS) is 14.8. The van der Waals surface area contributed by atoms with Crippen LogP contribution in [0.25, 0.3) is 0 Å². The Morgan fingerprint density at radius 3 is 0.866 bits per heavy atom. The highest BCUT2D eigenvalue weighted by Gasteiger charge is 2.30. The molecule has 0 fully saturated rings. The average Bonchev–Trinajstić information content (AvgIpc) is 3.42. The third-order valence-electron chi connectivity index (χ3n) is 14.7. The lowest BCUT2D eigenvalue weighted by Crippen LogP contribution is -2.30. The van der Waals surface area contributed by atoms with E-state index in [4.69, 9.17) is 37.0 Å². The molecule has 0 aromatic rings. The van der Waals surface area contributed by atoms with Crippen molar-refractivity contribution in [2.24, 2.45) is 23.7 Å². The number of carbonyl (C=O) groups excluding carboxylic acids is 4. The average molecular weight is 1210 g/mol. The number of aliphatic hydroxyl groups is 1. The number of carbonyl (C=O) groups is 4. The van der Waals surface area contributed by atoms with Crippen molar-refractivity contribution in [1.29, 1.82) is 0 Å². The second kappa shape index (κ2) is 53.3. The molecule has 3 N–H and O–H groups in total. The van der Waals surface area contributed by atoms with Crippen LogP contribution in [0.2, 0.25) is 0 Å². The summed E-state index contributed by atoms with van der Waals surface area (Å²) in [6, 6.07) is 0. The third-order valence-corrected chi connectivity index (χ3v) is 16.6. The lowest BCUT2D eigenvalue weighted by atomic mass is 10.00. The summed E-state index contributed by atoms with van der Waals surface area (Å²) in [7, 11) is -9.89. The molecule has 0 aliphatic rings. The minimum absolute atomic E-state index is 0.101. The van der Waals surface area contributed by atoms with Crippen LogP contribution >= 0.6 is 15.6 Å². The maximum atomic E-state index is 13.0. The summed E-state index contributed by atoms with van der Waals surface area (Å²) in [5.41, 5.74) is 0.